The summed E-state index contributed by atoms with van der Waals surface area (Å²) in [7, 11) is 0. The number of hydrogen-bond donors (Lipinski definition) is 0. The topological polar surface area (TPSA) is 52.1 Å². The fourth-order valence-electron chi connectivity index (χ4n) is 5.29. The zero-order valence-electron chi connectivity index (χ0n) is 22.7. The maximum atomic E-state index is 12.4. The number of hydrogen-bond acceptors (Lipinski definition) is 4. The molecule has 0 unspecified atom stereocenters. The van der Waals surface area contributed by atoms with Gasteiger partial charge in [-0.2, -0.15) is 0 Å². The van der Waals surface area contributed by atoms with Crippen LogP contribution in [-0.4, -0.2) is 22.5 Å². The summed E-state index contributed by atoms with van der Waals surface area (Å²) >= 11 is 0. The van der Waals surface area contributed by atoms with Crippen molar-refractivity contribution >= 4 is 5.97 Å². The minimum Gasteiger partial charge on any atom is -0.462 e. The Bertz CT molecular complexity index is 841. The Morgan fingerprint density at radius 2 is 1.42 bits per heavy atom. The van der Waals surface area contributed by atoms with Crippen LogP contribution in [0.2, 0.25) is 0 Å². The van der Waals surface area contributed by atoms with Crippen molar-refractivity contribution in [2.24, 2.45) is 5.92 Å². The van der Waals surface area contributed by atoms with Crippen LogP contribution in [0.5, 0.6) is 0 Å². The number of carbonyl (C=O) groups is 1. The molecule has 0 N–H and O–H groups in total. The van der Waals surface area contributed by atoms with Gasteiger partial charge in [0.1, 0.15) is 0 Å². The molecule has 0 aliphatic heterocycles. The van der Waals surface area contributed by atoms with Gasteiger partial charge >= 0.3 is 5.97 Å². The molecule has 0 bridgehead atoms. The maximum Gasteiger partial charge on any atom is 0.338 e. The molecular formula is C32H48N2O2. The molecule has 1 aliphatic rings. The summed E-state index contributed by atoms with van der Waals surface area (Å²) in [6.45, 7) is 2.76. The van der Waals surface area contributed by atoms with Crippen molar-refractivity contribution < 1.29 is 9.53 Å². The molecule has 0 amide bonds. The van der Waals surface area contributed by atoms with Crippen LogP contribution in [0.3, 0.4) is 0 Å². The third-order valence-electron chi connectivity index (χ3n) is 7.62. The number of esters is 1. The van der Waals surface area contributed by atoms with E-state index in [1.54, 1.807) is 0 Å². The van der Waals surface area contributed by atoms with E-state index in [1.807, 2.05) is 36.7 Å². The molecule has 4 nitrogen and oxygen atoms in total. The number of aromatic nitrogens is 2. The molecule has 0 saturated heterocycles. The van der Waals surface area contributed by atoms with Gasteiger partial charge in [-0.3, -0.25) is 0 Å². The van der Waals surface area contributed by atoms with E-state index < -0.39 is 0 Å². The van der Waals surface area contributed by atoms with Crippen molar-refractivity contribution in [1.82, 2.24) is 9.97 Å². The lowest BCUT2D eigenvalue weighted by molar-refractivity contribution is 0.0497. The first-order chi connectivity index (χ1) is 17.8. The Hall–Kier alpha value is -2.23. The predicted octanol–water partition coefficient (Wildman–Crippen LogP) is 9.12. The molecule has 1 aromatic carbocycles. The highest BCUT2D eigenvalue weighted by molar-refractivity contribution is 5.89. The number of ether oxygens (including phenoxy) is 1. The smallest absolute Gasteiger partial charge is 0.338 e. The summed E-state index contributed by atoms with van der Waals surface area (Å²) in [6.07, 6.45) is 27.3. The molecule has 1 saturated carbocycles. The molecule has 1 aromatic heterocycles. The van der Waals surface area contributed by atoms with Gasteiger partial charge in [-0.25, -0.2) is 14.8 Å². The first-order valence-corrected chi connectivity index (χ1v) is 14.8. The Labute approximate surface area is 219 Å². The molecule has 198 valence electrons. The number of carbonyl (C=O) groups excluding carboxylic acids is 1. The molecule has 1 heterocycles. The van der Waals surface area contributed by atoms with Gasteiger partial charge in [0.05, 0.1) is 12.2 Å². The van der Waals surface area contributed by atoms with Gasteiger partial charge in [-0.15, -0.1) is 0 Å². The predicted molar refractivity (Wildman–Crippen MR) is 149 cm³/mol. The lowest BCUT2D eigenvalue weighted by Crippen LogP contribution is -2.06. The summed E-state index contributed by atoms with van der Waals surface area (Å²) in [4.78, 5) is 21.5. The summed E-state index contributed by atoms with van der Waals surface area (Å²) in [6, 6.07) is 7.45. The Kier molecular flexibility index (Phi) is 13.6. The summed E-state index contributed by atoms with van der Waals surface area (Å²) in [5, 5.41) is 0. The van der Waals surface area contributed by atoms with Gasteiger partial charge < -0.3 is 4.74 Å². The van der Waals surface area contributed by atoms with Crippen LogP contribution >= 0.6 is 0 Å². The van der Waals surface area contributed by atoms with E-state index in [0.29, 0.717) is 18.0 Å². The largest absolute Gasteiger partial charge is 0.462 e. The van der Waals surface area contributed by atoms with Crippen molar-refractivity contribution in [3.05, 3.63) is 47.8 Å². The van der Waals surface area contributed by atoms with E-state index in [2.05, 4.69) is 16.9 Å². The number of unbranched alkanes of at least 4 members (excludes halogenated alkanes) is 10. The van der Waals surface area contributed by atoms with E-state index in [1.165, 1.54) is 102 Å². The fourth-order valence-corrected chi connectivity index (χ4v) is 5.29. The number of benzene rings is 1. The second kappa shape index (κ2) is 17.3. The van der Waals surface area contributed by atoms with Gasteiger partial charge in [0.25, 0.3) is 0 Å². The normalized spacial score (nSPS) is 13.8. The molecule has 0 spiro atoms. The highest BCUT2D eigenvalue weighted by atomic mass is 16.5. The Balaban J connectivity index is 1.27. The van der Waals surface area contributed by atoms with E-state index in [9.17, 15) is 4.79 Å². The Morgan fingerprint density at radius 1 is 0.806 bits per heavy atom. The van der Waals surface area contributed by atoms with E-state index in [4.69, 9.17) is 4.74 Å². The van der Waals surface area contributed by atoms with E-state index in [-0.39, 0.29) is 5.97 Å². The average molecular weight is 493 g/mol. The SMILES string of the molecule is CCCCCCCCCc1cnc(-c2ccc(C(=O)OCCCCCCCC3CCCC3)cc2)nc1. The van der Waals surface area contributed by atoms with Crippen molar-refractivity contribution in [2.75, 3.05) is 6.61 Å². The van der Waals surface area contributed by atoms with E-state index in [0.717, 1.165) is 30.7 Å². The molecule has 0 radical (unpaired) electrons. The Morgan fingerprint density at radius 3 is 2.11 bits per heavy atom. The van der Waals surface area contributed by atoms with Crippen LogP contribution in [0.15, 0.2) is 36.7 Å². The molecule has 2 aromatic rings. The lowest BCUT2D eigenvalue weighted by atomic mass is 9.99. The van der Waals surface area contributed by atoms with Crippen LogP contribution < -0.4 is 0 Å². The molecule has 1 aliphatic carbocycles. The minimum atomic E-state index is -0.242. The average Bonchev–Trinajstić information content (AvgIpc) is 3.44. The van der Waals surface area contributed by atoms with Gasteiger partial charge in [-0.1, -0.05) is 115 Å². The summed E-state index contributed by atoms with van der Waals surface area (Å²) < 4.78 is 5.48. The highest BCUT2D eigenvalue weighted by Gasteiger charge is 2.14. The highest BCUT2D eigenvalue weighted by Crippen LogP contribution is 2.29. The van der Waals surface area contributed by atoms with Crippen molar-refractivity contribution in [3.8, 4) is 11.4 Å². The number of aryl methyl sites for hydroxylation is 1. The van der Waals surface area contributed by atoms with Crippen molar-refractivity contribution in [2.45, 2.75) is 122 Å². The minimum absolute atomic E-state index is 0.242. The molecule has 1 fully saturated rings. The molecule has 0 atom stereocenters. The summed E-state index contributed by atoms with van der Waals surface area (Å²) in [5.41, 5.74) is 2.71. The first kappa shape index (κ1) is 28.3. The van der Waals surface area contributed by atoms with Crippen LogP contribution in [0.25, 0.3) is 11.4 Å². The van der Waals surface area contributed by atoms with Crippen LogP contribution in [0.4, 0.5) is 0 Å². The standard InChI is InChI=1S/C32H48N2O2/c1-2-3-4-5-6-8-12-19-28-25-33-31(34-26-28)29-20-22-30(23-21-29)32(35)36-24-15-10-7-9-11-16-27-17-13-14-18-27/h20-23,25-27H,2-19,24H2,1H3. The van der Waals surface area contributed by atoms with Crippen LogP contribution in [0.1, 0.15) is 132 Å². The van der Waals surface area contributed by atoms with Gasteiger partial charge in [-0.05, 0) is 42.9 Å². The summed E-state index contributed by atoms with van der Waals surface area (Å²) in [5.74, 6) is 1.46. The first-order valence-electron chi connectivity index (χ1n) is 14.8. The van der Waals surface area contributed by atoms with Crippen LogP contribution in [-0.2, 0) is 11.2 Å². The quantitative estimate of drug-likeness (QED) is 0.154. The van der Waals surface area contributed by atoms with Crippen molar-refractivity contribution in [3.63, 3.8) is 0 Å². The number of rotatable bonds is 18. The number of nitrogens with zero attached hydrogens (tertiary/aromatic N) is 2. The van der Waals surface area contributed by atoms with E-state index >= 15 is 0 Å². The zero-order chi connectivity index (χ0) is 25.3. The third-order valence-corrected chi connectivity index (χ3v) is 7.62. The third kappa shape index (κ3) is 10.8. The second-order valence-electron chi connectivity index (χ2n) is 10.7. The monoisotopic (exact) mass is 492 g/mol. The van der Waals surface area contributed by atoms with Crippen LogP contribution in [0, 0.1) is 5.92 Å². The van der Waals surface area contributed by atoms with Gasteiger partial charge in [0.15, 0.2) is 5.82 Å². The fraction of sp³-hybridized carbons (Fsp3) is 0.656. The zero-order valence-corrected chi connectivity index (χ0v) is 22.7. The molecule has 36 heavy (non-hydrogen) atoms. The second-order valence-corrected chi connectivity index (χ2v) is 10.7. The molecular weight excluding hydrogens is 444 g/mol. The maximum absolute atomic E-state index is 12.4. The molecule has 4 heteroatoms. The van der Waals surface area contributed by atoms with Gasteiger partial charge in [0, 0.05) is 18.0 Å². The lowest BCUT2D eigenvalue weighted by Gasteiger charge is -2.08. The molecule has 3 rings (SSSR count). The van der Waals surface area contributed by atoms with Gasteiger partial charge in [0.2, 0.25) is 0 Å². The van der Waals surface area contributed by atoms with Crippen molar-refractivity contribution in [1.29, 1.82) is 0 Å².